The highest BCUT2D eigenvalue weighted by molar-refractivity contribution is 7.11. The highest BCUT2D eigenvalue weighted by Gasteiger charge is 2.19. The molecule has 1 aliphatic rings. The molecule has 2 rings (SSSR count). The van der Waals surface area contributed by atoms with Crippen molar-refractivity contribution in [2.75, 3.05) is 0 Å². The summed E-state index contributed by atoms with van der Waals surface area (Å²) < 4.78 is 0. The largest absolute Gasteiger partial charge is 0.476 e. The summed E-state index contributed by atoms with van der Waals surface area (Å²) in [5.74, 6) is -0.187. The number of nitrogens with one attached hydrogen (secondary N) is 1. The summed E-state index contributed by atoms with van der Waals surface area (Å²) in [4.78, 5) is 14.9. The lowest BCUT2D eigenvalue weighted by molar-refractivity contribution is 0.0696. The minimum Gasteiger partial charge on any atom is -0.476 e. The van der Waals surface area contributed by atoms with E-state index in [4.69, 9.17) is 5.11 Å². The number of carboxylic acids is 1. The van der Waals surface area contributed by atoms with E-state index in [0.717, 1.165) is 11.6 Å². The van der Waals surface area contributed by atoms with Crippen LogP contribution in [0.25, 0.3) is 0 Å². The fourth-order valence-corrected chi connectivity index (χ4v) is 3.38. The Balaban J connectivity index is 1.81. The second-order valence-electron chi connectivity index (χ2n) is 5.37. The van der Waals surface area contributed by atoms with E-state index in [2.05, 4.69) is 17.2 Å². The smallest absolute Gasteiger partial charge is 0.365 e. The van der Waals surface area contributed by atoms with Gasteiger partial charge >= 0.3 is 5.97 Å². The molecule has 1 aliphatic carbocycles. The van der Waals surface area contributed by atoms with Gasteiger partial charge in [-0.05, 0) is 25.7 Å². The van der Waals surface area contributed by atoms with E-state index in [0.29, 0.717) is 12.6 Å². The fourth-order valence-electron chi connectivity index (χ4n) is 2.73. The van der Waals surface area contributed by atoms with Gasteiger partial charge in [-0.3, -0.25) is 0 Å². The fraction of sp³-hybridized carbons (Fsp3) is 0.714. The summed E-state index contributed by atoms with van der Waals surface area (Å²) in [6, 6.07) is 0.480. The van der Waals surface area contributed by atoms with E-state index in [1.807, 2.05) is 5.38 Å². The molecule has 0 unspecified atom stereocenters. The molecule has 0 bridgehead atoms. The Morgan fingerprint density at radius 1 is 1.47 bits per heavy atom. The number of rotatable bonds is 5. The van der Waals surface area contributed by atoms with E-state index in [9.17, 15) is 4.79 Å². The van der Waals surface area contributed by atoms with Crippen molar-refractivity contribution in [2.45, 2.75) is 58.0 Å². The quantitative estimate of drug-likeness (QED) is 0.813. The first kappa shape index (κ1) is 14.5. The molecular formula is C14H22N2O2S. The molecule has 1 aromatic heterocycles. The standard InChI is InChI=1S/C14H22N2O2S/c1-10(11-6-4-2-3-5-7-11)15-8-12-9-19-13(16-12)14(17)18/h9-11,15H,2-8H2,1H3,(H,17,18)/t10-/m1/s1. The van der Waals surface area contributed by atoms with Crippen molar-refractivity contribution in [1.82, 2.24) is 10.3 Å². The van der Waals surface area contributed by atoms with Crippen molar-refractivity contribution in [3.05, 3.63) is 16.1 Å². The lowest BCUT2D eigenvalue weighted by Gasteiger charge is -2.23. The van der Waals surface area contributed by atoms with Crippen LogP contribution in [0.1, 0.15) is 60.9 Å². The predicted octanol–water partition coefficient (Wildman–Crippen LogP) is 3.29. The van der Waals surface area contributed by atoms with Crippen molar-refractivity contribution < 1.29 is 9.90 Å². The van der Waals surface area contributed by atoms with Crippen molar-refractivity contribution in [1.29, 1.82) is 0 Å². The number of hydrogen-bond acceptors (Lipinski definition) is 4. The van der Waals surface area contributed by atoms with E-state index < -0.39 is 5.97 Å². The number of aromatic carboxylic acids is 1. The third-order valence-electron chi connectivity index (χ3n) is 3.95. The van der Waals surface area contributed by atoms with Crippen LogP contribution >= 0.6 is 11.3 Å². The molecular weight excluding hydrogens is 260 g/mol. The van der Waals surface area contributed by atoms with Gasteiger partial charge in [-0.15, -0.1) is 11.3 Å². The number of aromatic nitrogens is 1. The number of carboxylic acid groups (broad SMARTS) is 1. The van der Waals surface area contributed by atoms with Gasteiger partial charge in [0, 0.05) is 18.0 Å². The molecule has 0 spiro atoms. The topological polar surface area (TPSA) is 62.2 Å². The van der Waals surface area contributed by atoms with Crippen LogP contribution in [-0.2, 0) is 6.54 Å². The molecule has 19 heavy (non-hydrogen) atoms. The normalized spacial score (nSPS) is 19.0. The summed E-state index contributed by atoms with van der Waals surface area (Å²) >= 11 is 1.20. The van der Waals surface area contributed by atoms with Gasteiger partial charge in [0.05, 0.1) is 5.69 Å². The molecule has 0 radical (unpaired) electrons. The van der Waals surface area contributed by atoms with Gasteiger partial charge in [0.25, 0.3) is 0 Å². The molecule has 0 saturated heterocycles. The second kappa shape index (κ2) is 7.01. The molecule has 1 fully saturated rings. The summed E-state index contributed by atoms with van der Waals surface area (Å²) in [7, 11) is 0. The van der Waals surface area contributed by atoms with Crippen molar-refractivity contribution >= 4 is 17.3 Å². The first-order valence-electron chi connectivity index (χ1n) is 7.08. The SMILES string of the molecule is C[C@@H](NCc1csc(C(=O)O)n1)C1CCCCCC1. The van der Waals surface area contributed by atoms with Crippen LogP contribution < -0.4 is 5.32 Å². The third kappa shape index (κ3) is 4.28. The molecule has 0 aromatic carbocycles. The molecule has 5 heteroatoms. The van der Waals surface area contributed by atoms with E-state index in [1.54, 1.807) is 0 Å². The van der Waals surface area contributed by atoms with Gasteiger partial charge in [-0.25, -0.2) is 9.78 Å². The minimum absolute atomic E-state index is 0.180. The van der Waals surface area contributed by atoms with E-state index >= 15 is 0 Å². The maximum atomic E-state index is 10.8. The predicted molar refractivity (Wildman–Crippen MR) is 76.6 cm³/mol. The Hall–Kier alpha value is -0.940. The van der Waals surface area contributed by atoms with Crippen LogP contribution in [0.3, 0.4) is 0 Å². The Bertz CT molecular complexity index is 411. The summed E-state index contributed by atoms with van der Waals surface area (Å²) in [6.45, 7) is 2.90. The zero-order valence-electron chi connectivity index (χ0n) is 11.4. The molecule has 106 valence electrons. The molecule has 1 heterocycles. The van der Waals surface area contributed by atoms with Crippen LogP contribution in [0.5, 0.6) is 0 Å². The second-order valence-corrected chi connectivity index (χ2v) is 6.23. The zero-order valence-corrected chi connectivity index (χ0v) is 12.2. The summed E-state index contributed by atoms with van der Waals surface area (Å²) in [6.07, 6.45) is 8.05. The lowest BCUT2D eigenvalue weighted by atomic mass is 9.93. The molecule has 0 aliphatic heterocycles. The van der Waals surface area contributed by atoms with Crippen LogP contribution in [-0.4, -0.2) is 22.1 Å². The van der Waals surface area contributed by atoms with Gasteiger partial charge in [0.2, 0.25) is 5.01 Å². The van der Waals surface area contributed by atoms with Crippen LogP contribution in [0, 0.1) is 5.92 Å². The Kier molecular flexibility index (Phi) is 5.34. The average Bonchev–Trinajstić information content (AvgIpc) is 2.70. The van der Waals surface area contributed by atoms with Crippen molar-refractivity contribution in [2.24, 2.45) is 5.92 Å². The van der Waals surface area contributed by atoms with Crippen LogP contribution in [0.15, 0.2) is 5.38 Å². The summed E-state index contributed by atoms with van der Waals surface area (Å²) in [5, 5.41) is 14.3. The van der Waals surface area contributed by atoms with Gasteiger partial charge in [0.1, 0.15) is 0 Å². The summed E-state index contributed by atoms with van der Waals surface area (Å²) in [5.41, 5.74) is 0.836. The number of nitrogens with zero attached hydrogens (tertiary/aromatic N) is 1. The number of carbonyl (C=O) groups is 1. The Labute approximate surface area is 118 Å². The van der Waals surface area contributed by atoms with Gasteiger partial charge < -0.3 is 10.4 Å². The molecule has 1 atom stereocenters. The Morgan fingerprint density at radius 3 is 2.74 bits per heavy atom. The lowest BCUT2D eigenvalue weighted by Crippen LogP contribution is -2.33. The Morgan fingerprint density at radius 2 is 2.16 bits per heavy atom. The highest BCUT2D eigenvalue weighted by Crippen LogP contribution is 2.25. The first-order valence-corrected chi connectivity index (χ1v) is 7.96. The number of hydrogen-bond donors (Lipinski definition) is 2. The van der Waals surface area contributed by atoms with Gasteiger partial charge in [-0.1, -0.05) is 25.7 Å². The van der Waals surface area contributed by atoms with Gasteiger partial charge in [0.15, 0.2) is 0 Å². The van der Waals surface area contributed by atoms with E-state index in [-0.39, 0.29) is 5.01 Å². The maximum absolute atomic E-state index is 10.8. The van der Waals surface area contributed by atoms with Crippen LogP contribution in [0.2, 0.25) is 0 Å². The molecule has 0 amide bonds. The monoisotopic (exact) mass is 282 g/mol. The third-order valence-corrected chi connectivity index (χ3v) is 4.83. The first-order chi connectivity index (χ1) is 9.16. The molecule has 4 nitrogen and oxygen atoms in total. The average molecular weight is 282 g/mol. The minimum atomic E-state index is -0.937. The molecule has 2 N–H and O–H groups in total. The highest BCUT2D eigenvalue weighted by atomic mass is 32.1. The van der Waals surface area contributed by atoms with Gasteiger partial charge in [-0.2, -0.15) is 0 Å². The number of thiazole rings is 1. The van der Waals surface area contributed by atoms with Crippen LogP contribution in [0.4, 0.5) is 0 Å². The van der Waals surface area contributed by atoms with Crippen molar-refractivity contribution in [3.63, 3.8) is 0 Å². The molecule has 1 saturated carbocycles. The zero-order chi connectivity index (χ0) is 13.7. The van der Waals surface area contributed by atoms with E-state index in [1.165, 1.54) is 49.9 Å². The molecule has 1 aromatic rings. The van der Waals surface area contributed by atoms with Crippen molar-refractivity contribution in [3.8, 4) is 0 Å². The maximum Gasteiger partial charge on any atom is 0.365 e.